The number of H-pyrrole nitrogens is 1. The van der Waals surface area contributed by atoms with Gasteiger partial charge in [0.2, 0.25) is 0 Å². The van der Waals surface area contributed by atoms with Crippen molar-refractivity contribution in [2.24, 2.45) is 0 Å². The lowest BCUT2D eigenvalue weighted by molar-refractivity contribution is 0.276. The second kappa shape index (κ2) is 7.18. The van der Waals surface area contributed by atoms with Crippen LogP contribution in [0.3, 0.4) is 0 Å². The summed E-state index contributed by atoms with van der Waals surface area (Å²) in [7, 11) is -1.90. The fourth-order valence-corrected chi connectivity index (χ4v) is 3.95. The molecule has 0 aliphatic carbocycles. The van der Waals surface area contributed by atoms with Gasteiger partial charge in [0.05, 0.1) is 23.2 Å². The standard InChI is InChI=1S/C21H26N2O2SSi/c1-21(2,3)27(4,5)25-14-15-10-6-9-13-18(15)23-19(24)16-11-7-8-12-17(16)22-20(23)26/h6-13H,14H2,1-5H3,(H,22,26). The summed E-state index contributed by atoms with van der Waals surface area (Å²) >= 11 is 5.50. The summed E-state index contributed by atoms with van der Waals surface area (Å²) in [5.74, 6) is 0. The summed E-state index contributed by atoms with van der Waals surface area (Å²) in [5.41, 5.74) is 2.36. The molecule has 0 spiro atoms. The predicted molar refractivity (Wildman–Crippen MR) is 117 cm³/mol. The Kier molecular flexibility index (Phi) is 5.25. The molecule has 0 saturated heterocycles. The molecule has 0 unspecified atom stereocenters. The summed E-state index contributed by atoms with van der Waals surface area (Å²) in [6.45, 7) is 11.6. The Balaban J connectivity index is 2.09. The minimum Gasteiger partial charge on any atom is -0.412 e. The first-order valence-corrected chi connectivity index (χ1v) is 12.4. The van der Waals surface area contributed by atoms with Crippen LogP contribution in [-0.4, -0.2) is 17.9 Å². The first-order valence-electron chi connectivity index (χ1n) is 9.08. The third kappa shape index (κ3) is 3.83. The van der Waals surface area contributed by atoms with E-state index in [0.29, 0.717) is 16.8 Å². The normalized spacial score (nSPS) is 12.5. The molecule has 0 atom stereocenters. The van der Waals surface area contributed by atoms with E-state index in [4.69, 9.17) is 16.6 Å². The molecule has 1 aromatic heterocycles. The van der Waals surface area contributed by atoms with Gasteiger partial charge >= 0.3 is 0 Å². The summed E-state index contributed by atoms with van der Waals surface area (Å²) in [6, 6.07) is 15.2. The maximum Gasteiger partial charge on any atom is 0.266 e. The highest BCUT2D eigenvalue weighted by Gasteiger charge is 2.37. The summed E-state index contributed by atoms with van der Waals surface area (Å²) in [5, 5.41) is 0.741. The molecule has 4 nitrogen and oxygen atoms in total. The van der Waals surface area contributed by atoms with Crippen molar-refractivity contribution in [3.63, 3.8) is 0 Å². The zero-order valence-corrected chi connectivity index (χ0v) is 18.3. The van der Waals surface area contributed by atoms with Gasteiger partial charge in [-0.15, -0.1) is 0 Å². The van der Waals surface area contributed by atoms with Crippen molar-refractivity contribution >= 4 is 31.4 Å². The Morgan fingerprint density at radius 3 is 2.41 bits per heavy atom. The van der Waals surface area contributed by atoms with Crippen molar-refractivity contribution in [3.05, 3.63) is 69.2 Å². The van der Waals surface area contributed by atoms with Crippen LogP contribution in [0.2, 0.25) is 18.1 Å². The molecule has 142 valence electrons. The van der Waals surface area contributed by atoms with Crippen molar-refractivity contribution < 1.29 is 4.43 Å². The van der Waals surface area contributed by atoms with Crippen molar-refractivity contribution in [2.75, 3.05) is 0 Å². The largest absolute Gasteiger partial charge is 0.412 e. The number of hydrogen-bond donors (Lipinski definition) is 1. The van der Waals surface area contributed by atoms with Crippen molar-refractivity contribution in [2.45, 2.75) is 45.5 Å². The Bertz CT molecular complexity index is 1090. The number of fused-ring (bicyclic) bond motifs is 1. The molecule has 0 bridgehead atoms. The van der Waals surface area contributed by atoms with E-state index >= 15 is 0 Å². The summed E-state index contributed by atoms with van der Waals surface area (Å²) < 4.78 is 8.35. The summed E-state index contributed by atoms with van der Waals surface area (Å²) in [6.07, 6.45) is 0. The van der Waals surface area contributed by atoms with Crippen LogP contribution < -0.4 is 5.56 Å². The molecule has 0 saturated carbocycles. The van der Waals surface area contributed by atoms with Crippen LogP contribution in [-0.2, 0) is 11.0 Å². The molecule has 1 heterocycles. The molecule has 0 amide bonds. The van der Waals surface area contributed by atoms with Crippen LogP contribution >= 0.6 is 12.2 Å². The highest BCUT2D eigenvalue weighted by Crippen LogP contribution is 2.37. The fourth-order valence-electron chi connectivity index (χ4n) is 2.71. The van der Waals surface area contributed by atoms with E-state index < -0.39 is 8.32 Å². The second-order valence-corrected chi connectivity index (χ2v) is 13.5. The number of rotatable bonds is 4. The fraction of sp³-hybridized carbons (Fsp3) is 0.333. The average molecular weight is 399 g/mol. The quantitative estimate of drug-likeness (QED) is 0.462. The molecule has 6 heteroatoms. The Morgan fingerprint density at radius 2 is 1.70 bits per heavy atom. The van der Waals surface area contributed by atoms with Gasteiger partial charge in [0.25, 0.3) is 5.56 Å². The Hall–Kier alpha value is -2.02. The van der Waals surface area contributed by atoms with Gasteiger partial charge in [-0.2, -0.15) is 0 Å². The molecule has 3 rings (SSSR count). The van der Waals surface area contributed by atoms with E-state index in [1.165, 1.54) is 0 Å². The van der Waals surface area contributed by atoms with Crippen LogP contribution in [0.25, 0.3) is 16.6 Å². The van der Waals surface area contributed by atoms with Gasteiger partial charge in [0.15, 0.2) is 13.1 Å². The smallest absolute Gasteiger partial charge is 0.266 e. The first-order chi connectivity index (χ1) is 12.6. The van der Waals surface area contributed by atoms with E-state index in [-0.39, 0.29) is 10.6 Å². The Morgan fingerprint density at radius 1 is 1.07 bits per heavy atom. The molecule has 2 aromatic carbocycles. The first kappa shape index (κ1) is 19.7. The van der Waals surface area contributed by atoms with Crippen molar-refractivity contribution in [1.29, 1.82) is 0 Å². The van der Waals surface area contributed by atoms with Gasteiger partial charge in [-0.05, 0) is 48.5 Å². The van der Waals surface area contributed by atoms with Crippen LogP contribution in [0.5, 0.6) is 0 Å². The number of aromatic amines is 1. The van der Waals surface area contributed by atoms with Crippen molar-refractivity contribution in [3.8, 4) is 5.69 Å². The minimum atomic E-state index is -1.90. The number of aromatic nitrogens is 2. The maximum absolute atomic E-state index is 13.1. The zero-order valence-electron chi connectivity index (χ0n) is 16.5. The molecule has 1 N–H and O–H groups in total. The molecular formula is C21H26N2O2SSi. The molecule has 3 aromatic rings. The van der Waals surface area contributed by atoms with E-state index in [9.17, 15) is 4.79 Å². The number of nitrogens with one attached hydrogen (secondary N) is 1. The van der Waals surface area contributed by atoms with Gasteiger partial charge in [-0.25, -0.2) is 0 Å². The number of hydrogen-bond acceptors (Lipinski definition) is 3. The average Bonchev–Trinajstić information content (AvgIpc) is 2.60. The predicted octanol–water partition coefficient (Wildman–Crippen LogP) is 5.57. The maximum atomic E-state index is 13.1. The molecule has 0 aliphatic rings. The number of para-hydroxylation sites is 2. The van der Waals surface area contributed by atoms with E-state index in [2.05, 4.69) is 38.8 Å². The van der Waals surface area contributed by atoms with Crippen LogP contribution in [0.4, 0.5) is 0 Å². The third-order valence-electron chi connectivity index (χ3n) is 5.43. The molecule has 0 aliphatic heterocycles. The highest BCUT2D eigenvalue weighted by atomic mass is 32.1. The van der Waals surface area contributed by atoms with Gasteiger partial charge in [-0.1, -0.05) is 51.1 Å². The van der Waals surface area contributed by atoms with Gasteiger partial charge in [-0.3, -0.25) is 9.36 Å². The van der Waals surface area contributed by atoms with Crippen LogP contribution in [0, 0.1) is 4.77 Å². The summed E-state index contributed by atoms with van der Waals surface area (Å²) in [4.78, 5) is 16.3. The molecule has 27 heavy (non-hydrogen) atoms. The third-order valence-corrected chi connectivity index (χ3v) is 10.2. The van der Waals surface area contributed by atoms with Crippen LogP contribution in [0.15, 0.2) is 53.3 Å². The molecular weight excluding hydrogens is 372 g/mol. The Labute approximate surface area is 166 Å². The topological polar surface area (TPSA) is 47.0 Å². The molecule has 0 radical (unpaired) electrons. The van der Waals surface area contributed by atoms with Crippen molar-refractivity contribution in [1.82, 2.24) is 9.55 Å². The SMILES string of the molecule is CC(C)(C)[Si](C)(C)OCc1ccccc1-n1c(=S)[nH]c2ccccc2c1=O. The highest BCUT2D eigenvalue weighted by molar-refractivity contribution is 7.71. The number of benzene rings is 2. The van der Waals surface area contributed by atoms with Gasteiger partial charge < -0.3 is 9.41 Å². The number of nitrogens with zero attached hydrogens (tertiary/aromatic N) is 1. The van der Waals surface area contributed by atoms with Gasteiger partial charge in [0.1, 0.15) is 0 Å². The lowest BCUT2D eigenvalue weighted by Gasteiger charge is -2.36. The monoisotopic (exact) mass is 398 g/mol. The zero-order chi connectivity index (χ0) is 19.8. The van der Waals surface area contributed by atoms with Crippen LogP contribution in [0.1, 0.15) is 26.3 Å². The molecule has 0 fully saturated rings. The minimum absolute atomic E-state index is 0.117. The van der Waals surface area contributed by atoms with E-state index in [0.717, 1.165) is 16.8 Å². The van der Waals surface area contributed by atoms with E-state index in [1.54, 1.807) is 4.57 Å². The van der Waals surface area contributed by atoms with Gasteiger partial charge in [0, 0.05) is 5.56 Å². The second-order valence-electron chi connectivity index (χ2n) is 8.29. The lowest BCUT2D eigenvalue weighted by atomic mass is 10.2. The lowest BCUT2D eigenvalue weighted by Crippen LogP contribution is -2.40. The van der Waals surface area contributed by atoms with E-state index in [1.807, 2.05) is 48.5 Å².